The van der Waals surface area contributed by atoms with Gasteiger partial charge in [0.25, 0.3) is 0 Å². The molecule has 1 saturated heterocycles. The first-order chi connectivity index (χ1) is 10.9. The fraction of sp³-hybridized carbons (Fsp3) is 1.00. The van der Waals surface area contributed by atoms with Gasteiger partial charge in [0, 0.05) is 19.1 Å². The van der Waals surface area contributed by atoms with Crippen LogP contribution in [0.5, 0.6) is 0 Å². The van der Waals surface area contributed by atoms with E-state index in [2.05, 4.69) is 46.2 Å². The first kappa shape index (κ1) is 22.5. The van der Waals surface area contributed by atoms with Gasteiger partial charge in [-0.1, -0.05) is 6.92 Å². The topological polar surface area (TPSA) is 46.2 Å². The van der Waals surface area contributed by atoms with Gasteiger partial charge in [0.2, 0.25) is 0 Å². The van der Waals surface area contributed by atoms with Crippen molar-refractivity contribution in [2.75, 3.05) is 33.5 Å². The van der Waals surface area contributed by atoms with Crippen molar-refractivity contribution in [2.45, 2.75) is 65.1 Å². The summed E-state index contributed by atoms with van der Waals surface area (Å²) in [5.74, 6) is 0. The van der Waals surface area contributed by atoms with Crippen LogP contribution >= 0.6 is 0 Å². The maximum atomic E-state index is 6.44. The van der Waals surface area contributed by atoms with Crippen LogP contribution in [0.4, 0.5) is 0 Å². The van der Waals surface area contributed by atoms with Crippen molar-refractivity contribution in [3.8, 4) is 0 Å². The van der Waals surface area contributed by atoms with Crippen LogP contribution < -0.4 is 0 Å². The van der Waals surface area contributed by atoms with E-state index < -0.39 is 25.4 Å². The molecule has 0 bridgehead atoms. The van der Waals surface area contributed by atoms with Gasteiger partial charge in [-0.3, -0.25) is 0 Å². The molecule has 1 aliphatic heterocycles. The fourth-order valence-corrected chi connectivity index (χ4v) is 15.4. The van der Waals surface area contributed by atoms with Crippen molar-refractivity contribution in [1.82, 2.24) is 0 Å². The molecule has 8 heteroatoms. The molecule has 0 spiro atoms. The van der Waals surface area contributed by atoms with Gasteiger partial charge < -0.3 is 22.1 Å². The van der Waals surface area contributed by atoms with Gasteiger partial charge in [-0.2, -0.15) is 0 Å². The van der Waals surface area contributed by atoms with Crippen molar-refractivity contribution >= 4 is 25.4 Å². The maximum Gasteiger partial charge on any atom is 0.325 e. The Morgan fingerprint density at radius 2 is 1.62 bits per heavy atom. The highest BCUT2D eigenvalue weighted by atomic mass is 28.5. The van der Waals surface area contributed by atoms with Crippen molar-refractivity contribution in [3.63, 3.8) is 0 Å². The fourth-order valence-electron chi connectivity index (χ4n) is 3.04. The van der Waals surface area contributed by atoms with E-state index in [4.69, 9.17) is 22.1 Å². The molecule has 1 heterocycles. The lowest BCUT2D eigenvalue weighted by atomic mass is 9.84. The molecule has 0 N–H and O–H groups in total. The Kier molecular flexibility index (Phi) is 8.34. The summed E-state index contributed by atoms with van der Waals surface area (Å²) in [6, 6.07) is 0.935. The summed E-state index contributed by atoms with van der Waals surface area (Å²) >= 11 is 0. The zero-order valence-corrected chi connectivity index (χ0v) is 20.0. The van der Waals surface area contributed by atoms with Gasteiger partial charge in [-0.15, -0.1) is 0 Å². The number of hydrogen-bond donors (Lipinski definition) is 0. The monoisotopic (exact) mass is 394 g/mol. The second-order valence-electron chi connectivity index (χ2n) is 8.56. The molecule has 144 valence electrons. The molecule has 24 heavy (non-hydrogen) atoms. The molecule has 0 aliphatic carbocycles. The van der Waals surface area contributed by atoms with Crippen molar-refractivity contribution in [3.05, 3.63) is 0 Å². The first-order valence-electron chi connectivity index (χ1n) is 9.06. The Balaban J connectivity index is 2.36. The molecule has 1 unspecified atom stereocenters. The lowest BCUT2D eigenvalue weighted by Gasteiger charge is -2.40. The van der Waals surface area contributed by atoms with Crippen molar-refractivity contribution < 1.29 is 22.1 Å². The molecule has 1 atom stereocenters. The Morgan fingerprint density at radius 1 is 1.00 bits per heavy atom. The average Bonchev–Trinajstić information content (AvgIpc) is 2.37. The van der Waals surface area contributed by atoms with Crippen LogP contribution in [0.2, 0.25) is 45.3 Å². The average molecular weight is 395 g/mol. The lowest BCUT2D eigenvalue weighted by molar-refractivity contribution is -0.150. The summed E-state index contributed by atoms with van der Waals surface area (Å²) in [5, 5.41) is 0. The summed E-state index contributed by atoms with van der Waals surface area (Å²) in [6.45, 7) is 18.5. The number of rotatable bonds is 12. The Morgan fingerprint density at radius 3 is 2.04 bits per heavy atom. The van der Waals surface area contributed by atoms with E-state index in [1.54, 1.807) is 7.11 Å². The second kappa shape index (κ2) is 8.90. The van der Waals surface area contributed by atoms with Crippen molar-refractivity contribution in [2.24, 2.45) is 5.41 Å². The van der Waals surface area contributed by atoms with E-state index >= 15 is 0 Å². The molecule has 1 aliphatic rings. The van der Waals surface area contributed by atoms with Gasteiger partial charge in [0.1, 0.15) is 0 Å². The van der Waals surface area contributed by atoms with Gasteiger partial charge in [0.15, 0.2) is 8.32 Å². The smallest absolute Gasteiger partial charge is 0.325 e. The summed E-state index contributed by atoms with van der Waals surface area (Å²) < 4.78 is 29.8. The second-order valence-corrected chi connectivity index (χ2v) is 20.4. The molecule has 0 amide bonds. The quantitative estimate of drug-likeness (QED) is 0.368. The Hall–Kier alpha value is 0.451. The third-order valence-electron chi connectivity index (χ3n) is 4.34. The molecule has 5 nitrogen and oxygen atoms in total. The van der Waals surface area contributed by atoms with Gasteiger partial charge >= 0.3 is 17.1 Å². The molecular weight excluding hydrogens is 356 g/mol. The first-order valence-corrected chi connectivity index (χ1v) is 17.8. The van der Waals surface area contributed by atoms with Gasteiger partial charge in [-0.05, 0) is 58.2 Å². The minimum atomic E-state index is -2.20. The highest BCUT2D eigenvalue weighted by Crippen LogP contribution is 2.31. The third-order valence-corrected chi connectivity index (χ3v) is 14.6. The van der Waals surface area contributed by atoms with E-state index in [0.29, 0.717) is 0 Å². The van der Waals surface area contributed by atoms with E-state index in [9.17, 15) is 0 Å². The molecule has 0 aromatic rings. The molecule has 0 aromatic carbocycles. The number of hydrogen-bond acceptors (Lipinski definition) is 5. The predicted molar refractivity (Wildman–Crippen MR) is 105 cm³/mol. The highest BCUT2D eigenvalue weighted by Gasteiger charge is 2.41. The molecule has 0 aromatic heterocycles. The van der Waals surface area contributed by atoms with Gasteiger partial charge in [-0.25, -0.2) is 0 Å². The SMILES string of the molecule is CCC1(COCCC[Si](C)(OC)O[Si](C)(C)O[Si](C)(C)C)COC1. The standard InChI is InChI=1S/C16H38O5Si3/c1-9-16(14-19-15-16)13-18-11-10-12-24(8,17-2)21-23(6,7)20-22(3,4)5/h9-15H2,1-8H3. The van der Waals surface area contributed by atoms with Crippen LogP contribution in [0.25, 0.3) is 0 Å². The zero-order chi connectivity index (χ0) is 18.5. The Labute approximate surface area is 152 Å². The van der Waals surface area contributed by atoms with E-state index in [1.807, 2.05) is 0 Å². The van der Waals surface area contributed by atoms with Gasteiger partial charge in [0.05, 0.1) is 19.8 Å². The minimum Gasteiger partial charge on any atom is -0.437 e. The van der Waals surface area contributed by atoms with E-state index in [0.717, 1.165) is 45.3 Å². The summed E-state index contributed by atoms with van der Waals surface area (Å²) in [4.78, 5) is 0. The molecular formula is C16H38O5Si3. The van der Waals surface area contributed by atoms with Crippen LogP contribution in [0.1, 0.15) is 19.8 Å². The summed E-state index contributed by atoms with van der Waals surface area (Å²) in [7, 11) is -4.20. The van der Waals surface area contributed by atoms with E-state index in [-0.39, 0.29) is 5.41 Å². The lowest BCUT2D eigenvalue weighted by Crippen LogP contribution is -2.53. The summed E-state index contributed by atoms with van der Waals surface area (Å²) in [6.07, 6.45) is 2.09. The molecule has 0 saturated carbocycles. The van der Waals surface area contributed by atoms with Crippen LogP contribution in [0.3, 0.4) is 0 Å². The minimum absolute atomic E-state index is 0.262. The molecule has 1 rings (SSSR count). The summed E-state index contributed by atoms with van der Waals surface area (Å²) in [5.41, 5.74) is 0.262. The van der Waals surface area contributed by atoms with E-state index in [1.165, 1.54) is 0 Å². The maximum absolute atomic E-state index is 6.44. The normalized spacial score (nSPS) is 20.5. The largest absolute Gasteiger partial charge is 0.437 e. The van der Waals surface area contributed by atoms with Crippen LogP contribution in [-0.2, 0) is 22.1 Å². The molecule has 1 fully saturated rings. The highest BCUT2D eigenvalue weighted by molar-refractivity contribution is 6.86. The van der Waals surface area contributed by atoms with Crippen LogP contribution in [0, 0.1) is 5.41 Å². The predicted octanol–water partition coefficient (Wildman–Crippen LogP) is 4.11. The Bertz CT molecular complexity index is 377. The zero-order valence-electron chi connectivity index (χ0n) is 17.0. The number of ether oxygens (including phenoxy) is 2. The van der Waals surface area contributed by atoms with Crippen LogP contribution in [-0.4, -0.2) is 59.0 Å². The third kappa shape index (κ3) is 7.77. The van der Waals surface area contributed by atoms with Crippen molar-refractivity contribution in [1.29, 1.82) is 0 Å². The molecule has 0 radical (unpaired) electrons. The van der Waals surface area contributed by atoms with Crippen LogP contribution in [0.15, 0.2) is 0 Å².